The van der Waals surface area contributed by atoms with Gasteiger partial charge < -0.3 is 9.88 Å². The van der Waals surface area contributed by atoms with Gasteiger partial charge in [0.25, 0.3) is 0 Å². The average Bonchev–Trinajstić information content (AvgIpc) is 3.54. The molecular formula is C29H27FN8O2S. The molecule has 0 aliphatic carbocycles. The van der Waals surface area contributed by atoms with E-state index < -0.39 is 15.8 Å². The monoisotopic (exact) mass is 570 g/mol. The van der Waals surface area contributed by atoms with E-state index in [2.05, 4.69) is 41.1 Å². The van der Waals surface area contributed by atoms with Crippen molar-refractivity contribution in [2.24, 2.45) is 5.14 Å². The van der Waals surface area contributed by atoms with Crippen molar-refractivity contribution in [3.05, 3.63) is 84.2 Å². The van der Waals surface area contributed by atoms with Crippen LogP contribution < -0.4 is 5.14 Å². The number of nitrogens with zero attached hydrogens (tertiary/aromatic N) is 5. The van der Waals surface area contributed by atoms with E-state index in [1.807, 2.05) is 32.4 Å². The van der Waals surface area contributed by atoms with Crippen molar-refractivity contribution in [1.82, 2.24) is 35.0 Å². The third kappa shape index (κ3) is 5.71. The van der Waals surface area contributed by atoms with Crippen LogP contribution in [0.5, 0.6) is 0 Å². The molecule has 4 N–H and O–H groups in total. The molecule has 1 aromatic carbocycles. The molecule has 0 saturated carbocycles. The van der Waals surface area contributed by atoms with E-state index in [1.165, 1.54) is 12.1 Å². The third-order valence-electron chi connectivity index (χ3n) is 6.77. The maximum atomic E-state index is 14.6. The van der Waals surface area contributed by atoms with Crippen molar-refractivity contribution < 1.29 is 12.8 Å². The maximum Gasteiger partial charge on any atom is 0.209 e. The molecule has 0 amide bonds. The molecule has 6 rings (SSSR count). The fourth-order valence-electron chi connectivity index (χ4n) is 4.98. The molecular weight excluding hydrogens is 543 g/mol. The van der Waals surface area contributed by atoms with E-state index in [-0.39, 0.29) is 12.2 Å². The summed E-state index contributed by atoms with van der Waals surface area (Å²) in [5, 5.41) is 14.4. The molecule has 0 saturated heterocycles. The Hall–Kier alpha value is -4.52. The molecule has 12 heteroatoms. The van der Waals surface area contributed by atoms with Crippen molar-refractivity contribution >= 4 is 32.0 Å². The first-order chi connectivity index (χ1) is 19.6. The second-order valence-electron chi connectivity index (χ2n) is 10.3. The van der Waals surface area contributed by atoms with Gasteiger partial charge in [0.15, 0.2) is 0 Å². The number of aryl methyl sites for hydroxylation is 1. The number of rotatable bonds is 8. The van der Waals surface area contributed by atoms with Gasteiger partial charge >= 0.3 is 0 Å². The lowest BCUT2D eigenvalue weighted by Gasteiger charge is -2.10. The quantitative estimate of drug-likeness (QED) is 0.248. The largest absolute Gasteiger partial charge is 0.338 e. The van der Waals surface area contributed by atoms with Crippen molar-refractivity contribution in [1.29, 1.82) is 0 Å². The predicted octanol–water partition coefficient (Wildman–Crippen LogP) is 4.26. The Kier molecular flexibility index (Phi) is 6.81. The lowest BCUT2D eigenvalue weighted by atomic mass is 10.00. The van der Waals surface area contributed by atoms with Gasteiger partial charge in [-0.15, -0.1) is 0 Å². The number of pyridine rings is 3. The van der Waals surface area contributed by atoms with Crippen LogP contribution in [0, 0.1) is 5.82 Å². The summed E-state index contributed by atoms with van der Waals surface area (Å²) in [7, 11) is 0.350. The summed E-state index contributed by atoms with van der Waals surface area (Å²) in [6, 6.07) is 12.3. The van der Waals surface area contributed by atoms with Gasteiger partial charge in [-0.2, -0.15) is 5.10 Å². The number of sulfonamides is 1. The average molecular weight is 571 g/mol. The Morgan fingerprint density at radius 2 is 1.78 bits per heavy atom. The van der Waals surface area contributed by atoms with Crippen LogP contribution in [0.15, 0.2) is 67.3 Å². The van der Waals surface area contributed by atoms with Gasteiger partial charge in [-0.3, -0.25) is 15.1 Å². The fraction of sp³-hybridized carbons (Fsp3) is 0.172. The summed E-state index contributed by atoms with van der Waals surface area (Å²) in [6.45, 7) is 0.767. The smallest absolute Gasteiger partial charge is 0.209 e. The zero-order valence-electron chi connectivity index (χ0n) is 22.4. The molecule has 5 aromatic heterocycles. The van der Waals surface area contributed by atoms with Crippen LogP contribution in [0.2, 0.25) is 0 Å². The second kappa shape index (κ2) is 10.5. The molecule has 0 atom stereocenters. The molecule has 0 fully saturated rings. The van der Waals surface area contributed by atoms with Crippen LogP contribution in [-0.4, -0.2) is 63.3 Å². The topological polar surface area (TPSA) is 147 Å². The normalized spacial score (nSPS) is 12.1. The molecule has 0 aliphatic heterocycles. The number of benzene rings is 1. The molecule has 0 bridgehead atoms. The highest BCUT2D eigenvalue weighted by Gasteiger charge is 2.17. The predicted molar refractivity (Wildman–Crippen MR) is 157 cm³/mol. The van der Waals surface area contributed by atoms with Crippen LogP contribution >= 0.6 is 0 Å². The van der Waals surface area contributed by atoms with Crippen LogP contribution in [0.3, 0.4) is 0 Å². The number of fused-ring (bicyclic) bond motifs is 2. The van der Waals surface area contributed by atoms with Crippen molar-refractivity contribution in [2.75, 3.05) is 19.8 Å². The maximum absolute atomic E-state index is 14.6. The molecule has 0 aliphatic rings. The highest BCUT2D eigenvalue weighted by atomic mass is 32.2. The number of H-pyrrole nitrogens is 2. The lowest BCUT2D eigenvalue weighted by molar-refractivity contribution is 0.402. The highest BCUT2D eigenvalue weighted by Crippen LogP contribution is 2.34. The van der Waals surface area contributed by atoms with Gasteiger partial charge in [0.2, 0.25) is 10.0 Å². The summed E-state index contributed by atoms with van der Waals surface area (Å²) in [4.78, 5) is 18.9. The highest BCUT2D eigenvalue weighted by molar-refractivity contribution is 7.89. The second-order valence-corrected chi connectivity index (χ2v) is 12.0. The summed E-state index contributed by atoms with van der Waals surface area (Å²) < 4.78 is 37.4. The fourth-order valence-corrected chi connectivity index (χ4v) is 5.50. The summed E-state index contributed by atoms with van der Waals surface area (Å²) in [5.41, 5.74) is 7.47. The number of nitrogens with one attached hydrogen (secondary N) is 2. The minimum Gasteiger partial charge on any atom is -0.338 e. The zero-order valence-corrected chi connectivity index (χ0v) is 23.2. The molecule has 10 nitrogen and oxygen atoms in total. The number of aromatic amines is 2. The van der Waals surface area contributed by atoms with E-state index in [4.69, 9.17) is 5.14 Å². The van der Waals surface area contributed by atoms with Crippen LogP contribution in [-0.2, 0) is 23.0 Å². The van der Waals surface area contributed by atoms with Gasteiger partial charge in [0, 0.05) is 41.5 Å². The number of hydrogen-bond acceptors (Lipinski definition) is 7. The Morgan fingerprint density at radius 3 is 2.59 bits per heavy atom. The SMILES string of the molecule is CN(C)Cc1cncc(-c2cc3c(-c4cc5c(-c6cc(F)cc(CCS(N)(=O)=O)c6)ccnc5[nH]4)n[nH]c3cn2)c1. The number of primary sulfonamides is 1. The Balaban J connectivity index is 1.40. The van der Waals surface area contributed by atoms with Crippen molar-refractivity contribution in [3.63, 3.8) is 0 Å². The Morgan fingerprint density at radius 1 is 0.951 bits per heavy atom. The Labute approximate surface area is 235 Å². The number of hydrogen-bond donors (Lipinski definition) is 3. The number of aromatic nitrogens is 6. The van der Waals surface area contributed by atoms with Crippen LogP contribution in [0.25, 0.3) is 55.7 Å². The van der Waals surface area contributed by atoms with Gasteiger partial charge in [-0.1, -0.05) is 6.07 Å². The number of nitrogens with two attached hydrogens (primary N) is 1. The molecule has 5 heterocycles. The van der Waals surface area contributed by atoms with Gasteiger partial charge in [0.1, 0.15) is 17.2 Å². The molecule has 0 radical (unpaired) electrons. The van der Waals surface area contributed by atoms with Crippen molar-refractivity contribution in [3.8, 4) is 33.8 Å². The van der Waals surface area contributed by atoms with E-state index in [1.54, 1.807) is 30.7 Å². The molecule has 6 aromatic rings. The number of halogens is 1. The lowest BCUT2D eigenvalue weighted by Crippen LogP contribution is -2.18. The van der Waals surface area contributed by atoms with Crippen LogP contribution in [0.1, 0.15) is 11.1 Å². The molecule has 41 heavy (non-hydrogen) atoms. The summed E-state index contributed by atoms with van der Waals surface area (Å²) in [5.74, 6) is -0.732. The first-order valence-corrected chi connectivity index (χ1v) is 14.6. The standard InChI is InChI=1S/C29H27FN8O2S/c1-38(2)16-18-8-20(14-32-13-18)25-12-24-27(15-34-25)36-37-28(24)26-11-23-22(3-5-33-29(23)35-26)19-7-17(9-21(30)10-19)4-6-41(31,39)40/h3,5,7-15H,4,6,16H2,1-2H3,(H,33,35)(H,36,37)(H2,31,39,40). The first-order valence-electron chi connectivity index (χ1n) is 12.8. The summed E-state index contributed by atoms with van der Waals surface area (Å²) in [6.07, 6.45) is 7.15. The minimum absolute atomic E-state index is 0.111. The van der Waals surface area contributed by atoms with E-state index in [0.29, 0.717) is 22.5 Å². The first kappa shape index (κ1) is 26.7. The van der Waals surface area contributed by atoms with E-state index >= 15 is 0 Å². The van der Waals surface area contributed by atoms with Gasteiger partial charge in [0.05, 0.1) is 28.9 Å². The molecule has 0 spiro atoms. The van der Waals surface area contributed by atoms with E-state index in [9.17, 15) is 12.8 Å². The minimum atomic E-state index is -3.67. The summed E-state index contributed by atoms with van der Waals surface area (Å²) >= 11 is 0. The van der Waals surface area contributed by atoms with Gasteiger partial charge in [-0.25, -0.2) is 22.9 Å². The zero-order chi connectivity index (χ0) is 28.7. The molecule has 208 valence electrons. The van der Waals surface area contributed by atoms with Crippen LogP contribution in [0.4, 0.5) is 4.39 Å². The van der Waals surface area contributed by atoms with Crippen molar-refractivity contribution in [2.45, 2.75) is 13.0 Å². The van der Waals surface area contributed by atoms with Gasteiger partial charge in [-0.05, 0) is 79.2 Å². The Bertz CT molecular complexity index is 2020. The van der Waals surface area contributed by atoms with E-state index in [0.717, 1.165) is 50.9 Å². The molecule has 0 unspecified atom stereocenters. The third-order valence-corrected chi connectivity index (χ3v) is 7.54.